The van der Waals surface area contributed by atoms with Crippen LogP contribution in [0.5, 0.6) is 0 Å². The van der Waals surface area contributed by atoms with Gasteiger partial charge in [0.05, 0.1) is 12.5 Å². The minimum Gasteiger partial charge on any atom is -0.353 e. The van der Waals surface area contributed by atoms with Crippen molar-refractivity contribution in [1.82, 2.24) is 9.88 Å². The van der Waals surface area contributed by atoms with E-state index in [9.17, 15) is 9.18 Å². The normalized spacial score (nSPS) is 15.8. The molecule has 1 N–H and O–H groups in total. The van der Waals surface area contributed by atoms with Crippen LogP contribution in [0, 0.1) is 5.82 Å². The summed E-state index contributed by atoms with van der Waals surface area (Å²) in [5, 5.41) is 2.98. The summed E-state index contributed by atoms with van der Waals surface area (Å²) in [5.74, 6) is -0.252. The average molecular weight is 272 g/mol. The summed E-state index contributed by atoms with van der Waals surface area (Å²) in [5.41, 5.74) is 0.812. The van der Waals surface area contributed by atoms with Gasteiger partial charge in [0.15, 0.2) is 0 Å². The van der Waals surface area contributed by atoms with Crippen molar-refractivity contribution in [3.05, 3.63) is 60.2 Å². The summed E-state index contributed by atoms with van der Waals surface area (Å²) in [6.07, 6.45) is 6.27. The maximum atomic E-state index is 13.4. The molecule has 1 unspecified atom stereocenters. The molecule has 0 bridgehead atoms. The lowest BCUT2D eigenvalue weighted by atomic mass is 10.0. The molecule has 1 heterocycles. The van der Waals surface area contributed by atoms with E-state index in [1.54, 1.807) is 6.07 Å². The van der Waals surface area contributed by atoms with E-state index in [4.69, 9.17) is 0 Å². The molecule has 1 aliphatic carbocycles. The summed E-state index contributed by atoms with van der Waals surface area (Å²) >= 11 is 0. The third-order valence-corrected chi connectivity index (χ3v) is 3.54. The van der Waals surface area contributed by atoms with Crippen molar-refractivity contribution in [1.29, 1.82) is 0 Å². The lowest BCUT2D eigenvalue weighted by Crippen LogP contribution is -2.28. The molecule has 20 heavy (non-hydrogen) atoms. The first-order valence-corrected chi connectivity index (χ1v) is 6.89. The Morgan fingerprint density at radius 3 is 2.70 bits per heavy atom. The highest BCUT2D eigenvalue weighted by atomic mass is 19.1. The van der Waals surface area contributed by atoms with Crippen molar-refractivity contribution in [2.45, 2.75) is 31.3 Å². The van der Waals surface area contributed by atoms with Crippen LogP contribution in [-0.4, -0.2) is 16.5 Å². The molecule has 1 amide bonds. The van der Waals surface area contributed by atoms with Crippen molar-refractivity contribution in [3.8, 4) is 0 Å². The number of benzene rings is 1. The number of carbonyl (C=O) groups is 1. The van der Waals surface area contributed by atoms with Crippen LogP contribution in [0.1, 0.15) is 30.9 Å². The van der Waals surface area contributed by atoms with Crippen LogP contribution in [0.15, 0.2) is 48.8 Å². The molecular formula is C16H17FN2O. The summed E-state index contributed by atoms with van der Waals surface area (Å²) in [4.78, 5) is 12.0. The molecule has 1 atom stereocenters. The molecule has 1 aromatic carbocycles. The highest BCUT2D eigenvalue weighted by Gasteiger charge is 2.25. The van der Waals surface area contributed by atoms with Crippen molar-refractivity contribution in [3.63, 3.8) is 0 Å². The molecule has 104 valence electrons. The third kappa shape index (κ3) is 3.07. The number of nitrogens with one attached hydrogen (secondary N) is 1. The van der Waals surface area contributed by atoms with Gasteiger partial charge in [-0.3, -0.25) is 4.79 Å². The van der Waals surface area contributed by atoms with Gasteiger partial charge in [0.2, 0.25) is 5.91 Å². The fourth-order valence-corrected chi connectivity index (χ4v) is 2.35. The molecule has 0 radical (unpaired) electrons. The van der Waals surface area contributed by atoms with Gasteiger partial charge >= 0.3 is 0 Å². The van der Waals surface area contributed by atoms with Gasteiger partial charge in [-0.1, -0.05) is 12.1 Å². The number of hydrogen-bond donors (Lipinski definition) is 1. The van der Waals surface area contributed by atoms with Gasteiger partial charge in [0, 0.05) is 18.4 Å². The van der Waals surface area contributed by atoms with Gasteiger partial charge in [-0.2, -0.15) is 0 Å². The van der Waals surface area contributed by atoms with Crippen molar-refractivity contribution in [2.24, 2.45) is 0 Å². The second-order valence-electron chi connectivity index (χ2n) is 5.25. The topological polar surface area (TPSA) is 34.0 Å². The van der Waals surface area contributed by atoms with E-state index in [1.807, 2.05) is 35.2 Å². The van der Waals surface area contributed by atoms with E-state index in [1.165, 1.54) is 12.1 Å². The first-order valence-electron chi connectivity index (χ1n) is 6.89. The smallest absolute Gasteiger partial charge is 0.222 e. The number of carbonyl (C=O) groups excluding carboxylic acids is 1. The van der Waals surface area contributed by atoms with Crippen LogP contribution in [0.2, 0.25) is 0 Å². The Kier molecular flexibility index (Phi) is 3.54. The van der Waals surface area contributed by atoms with E-state index in [2.05, 4.69) is 5.32 Å². The highest BCUT2D eigenvalue weighted by Crippen LogP contribution is 2.24. The molecule has 1 fully saturated rings. The predicted octanol–water partition coefficient (Wildman–Crippen LogP) is 2.89. The standard InChI is InChI=1S/C16H17FN2O/c17-13-5-3-4-12(10-13)15(19-8-1-2-9-19)11-16(20)18-14-6-7-14/h1-5,8-10,14-15H,6-7,11H2,(H,18,20). The van der Waals surface area contributed by atoms with Crippen LogP contribution >= 0.6 is 0 Å². The van der Waals surface area contributed by atoms with Crippen molar-refractivity contribution < 1.29 is 9.18 Å². The molecule has 1 aromatic heterocycles. The maximum Gasteiger partial charge on any atom is 0.222 e. The Morgan fingerprint density at radius 1 is 1.30 bits per heavy atom. The number of rotatable bonds is 5. The molecule has 1 aliphatic rings. The van der Waals surface area contributed by atoms with E-state index >= 15 is 0 Å². The summed E-state index contributed by atoms with van der Waals surface area (Å²) in [7, 11) is 0. The second-order valence-corrected chi connectivity index (χ2v) is 5.25. The fraction of sp³-hybridized carbons (Fsp3) is 0.312. The number of halogens is 1. The number of amides is 1. The lowest BCUT2D eigenvalue weighted by molar-refractivity contribution is -0.121. The van der Waals surface area contributed by atoms with Gasteiger partial charge in [-0.25, -0.2) is 4.39 Å². The van der Waals surface area contributed by atoms with Crippen molar-refractivity contribution >= 4 is 5.91 Å². The zero-order valence-electron chi connectivity index (χ0n) is 11.1. The van der Waals surface area contributed by atoms with Gasteiger partial charge < -0.3 is 9.88 Å². The van der Waals surface area contributed by atoms with Crippen LogP contribution in [0.3, 0.4) is 0 Å². The molecule has 0 saturated heterocycles. The van der Waals surface area contributed by atoms with Crippen LogP contribution in [0.25, 0.3) is 0 Å². The second kappa shape index (κ2) is 5.49. The Labute approximate surface area is 117 Å². The van der Waals surface area contributed by atoms with E-state index in [0.29, 0.717) is 12.5 Å². The third-order valence-electron chi connectivity index (χ3n) is 3.54. The molecule has 4 heteroatoms. The molecule has 3 nitrogen and oxygen atoms in total. The monoisotopic (exact) mass is 272 g/mol. The SMILES string of the molecule is O=C(CC(c1cccc(F)c1)n1cccc1)NC1CC1. The average Bonchev–Trinajstić information content (AvgIpc) is 3.06. The van der Waals surface area contributed by atoms with E-state index < -0.39 is 0 Å². The summed E-state index contributed by atoms with van der Waals surface area (Å²) in [6, 6.07) is 10.4. The lowest BCUT2D eigenvalue weighted by Gasteiger charge is -2.19. The summed E-state index contributed by atoms with van der Waals surface area (Å²) < 4.78 is 15.4. The van der Waals surface area contributed by atoms with Crippen LogP contribution < -0.4 is 5.32 Å². The predicted molar refractivity (Wildman–Crippen MR) is 74.8 cm³/mol. The van der Waals surface area contributed by atoms with Gasteiger partial charge in [-0.05, 0) is 42.7 Å². The van der Waals surface area contributed by atoms with Gasteiger partial charge in [0.25, 0.3) is 0 Å². The van der Waals surface area contributed by atoms with E-state index in [-0.39, 0.29) is 17.8 Å². The molecule has 0 spiro atoms. The number of nitrogens with zero attached hydrogens (tertiary/aromatic N) is 1. The zero-order valence-corrected chi connectivity index (χ0v) is 11.1. The minimum atomic E-state index is -0.276. The van der Waals surface area contributed by atoms with Crippen molar-refractivity contribution in [2.75, 3.05) is 0 Å². The Morgan fingerprint density at radius 2 is 2.05 bits per heavy atom. The van der Waals surface area contributed by atoms with E-state index in [0.717, 1.165) is 18.4 Å². The molecular weight excluding hydrogens is 255 g/mol. The Hall–Kier alpha value is -2.10. The quantitative estimate of drug-likeness (QED) is 0.892. The zero-order chi connectivity index (χ0) is 13.9. The fourth-order valence-electron chi connectivity index (χ4n) is 2.35. The molecule has 0 aliphatic heterocycles. The van der Waals surface area contributed by atoms with Gasteiger partial charge in [-0.15, -0.1) is 0 Å². The molecule has 1 saturated carbocycles. The van der Waals surface area contributed by atoms with Crippen LogP contribution in [-0.2, 0) is 4.79 Å². The maximum absolute atomic E-state index is 13.4. The minimum absolute atomic E-state index is 0.0236. The first kappa shape index (κ1) is 12.9. The Bertz CT molecular complexity index is 590. The number of hydrogen-bond acceptors (Lipinski definition) is 1. The highest BCUT2D eigenvalue weighted by molar-refractivity contribution is 5.77. The summed E-state index contributed by atoms with van der Waals surface area (Å²) in [6.45, 7) is 0. The van der Waals surface area contributed by atoms with Gasteiger partial charge in [0.1, 0.15) is 5.82 Å². The first-order chi connectivity index (χ1) is 9.72. The Balaban J connectivity index is 1.81. The number of aromatic nitrogens is 1. The molecule has 2 aromatic rings. The largest absolute Gasteiger partial charge is 0.353 e. The molecule has 3 rings (SSSR count). The van der Waals surface area contributed by atoms with Crippen LogP contribution in [0.4, 0.5) is 4.39 Å².